The highest BCUT2D eigenvalue weighted by atomic mass is 19.4. The Kier molecular flexibility index (Phi) is 4.80. The average molecular weight is 368 g/mol. The van der Waals surface area contributed by atoms with Gasteiger partial charge in [-0.15, -0.1) is 0 Å². The van der Waals surface area contributed by atoms with E-state index in [9.17, 15) is 22.4 Å². The molecule has 9 heteroatoms. The highest BCUT2D eigenvalue weighted by Crippen LogP contribution is 2.30. The zero-order valence-electron chi connectivity index (χ0n) is 13.9. The molecule has 138 valence electrons. The number of amides is 1. The van der Waals surface area contributed by atoms with Crippen molar-refractivity contribution >= 4 is 11.7 Å². The first-order valence-electron chi connectivity index (χ1n) is 7.97. The van der Waals surface area contributed by atoms with E-state index in [1.165, 1.54) is 25.1 Å². The Morgan fingerprint density at radius 1 is 1.08 bits per heavy atom. The Balaban J connectivity index is 1.71. The third-order valence-electron chi connectivity index (χ3n) is 4.08. The van der Waals surface area contributed by atoms with E-state index in [2.05, 4.69) is 9.97 Å². The maximum atomic E-state index is 13.3. The summed E-state index contributed by atoms with van der Waals surface area (Å²) in [5.74, 6) is -0.583. The summed E-state index contributed by atoms with van der Waals surface area (Å²) in [4.78, 5) is 23.1. The van der Waals surface area contributed by atoms with Crippen molar-refractivity contribution in [2.45, 2.75) is 13.1 Å². The molecular weight excluding hydrogens is 352 g/mol. The van der Waals surface area contributed by atoms with Crippen LogP contribution in [-0.2, 0) is 6.18 Å². The van der Waals surface area contributed by atoms with E-state index in [0.717, 1.165) is 12.1 Å². The number of carbonyl (C=O) groups excluding carboxylic acids is 1. The molecule has 0 atom stereocenters. The van der Waals surface area contributed by atoms with Gasteiger partial charge in [0, 0.05) is 37.8 Å². The summed E-state index contributed by atoms with van der Waals surface area (Å²) in [6.45, 7) is 2.67. The number of halogens is 4. The Morgan fingerprint density at radius 2 is 1.77 bits per heavy atom. The smallest absolute Gasteiger partial charge is 0.353 e. The van der Waals surface area contributed by atoms with Crippen molar-refractivity contribution in [1.82, 2.24) is 14.9 Å². The molecule has 1 aliphatic heterocycles. The largest absolute Gasteiger partial charge is 0.433 e. The van der Waals surface area contributed by atoms with Crippen molar-refractivity contribution in [1.29, 1.82) is 0 Å². The van der Waals surface area contributed by atoms with Crippen LogP contribution in [0.2, 0.25) is 0 Å². The lowest BCUT2D eigenvalue weighted by molar-refractivity contribution is -0.141. The Bertz CT molecular complexity index is 817. The van der Waals surface area contributed by atoms with Gasteiger partial charge in [-0.2, -0.15) is 13.2 Å². The predicted molar refractivity (Wildman–Crippen MR) is 86.3 cm³/mol. The number of aryl methyl sites for hydroxylation is 1. The number of piperazine rings is 1. The molecule has 0 aliphatic carbocycles. The van der Waals surface area contributed by atoms with Crippen LogP contribution in [0.3, 0.4) is 0 Å². The van der Waals surface area contributed by atoms with E-state index < -0.39 is 17.7 Å². The van der Waals surface area contributed by atoms with Crippen LogP contribution in [0.25, 0.3) is 0 Å². The van der Waals surface area contributed by atoms with Crippen LogP contribution in [0.1, 0.15) is 21.9 Å². The predicted octanol–water partition coefficient (Wildman–Crippen LogP) is 2.91. The van der Waals surface area contributed by atoms with Crippen LogP contribution < -0.4 is 4.90 Å². The fraction of sp³-hybridized carbons (Fsp3) is 0.353. The second-order valence-electron chi connectivity index (χ2n) is 5.95. The minimum absolute atomic E-state index is 0.0353. The molecule has 0 radical (unpaired) electrons. The molecule has 0 saturated carbocycles. The van der Waals surface area contributed by atoms with Crippen molar-refractivity contribution in [3.63, 3.8) is 0 Å². The van der Waals surface area contributed by atoms with Gasteiger partial charge in [0.15, 0.2) is 0 Å². The second-order valence-corrected chi connectivity index (χ2v) is 5.95. The molecule has 0 N–H and O–H groups in total. The van der Waals surface area contributed by atoms with Crippen molar-refractivity contribution < 1.29 is 22.4 Å². The molecule has 26 heavy (non-hydrogen) atoms. The lowest BCUT2D eigenvalue weighted by Crippen LogP contribution is -2.49. The fourth-order valence-electron chi connectivity index (χ4n) is 2.80. The molecule has 1 aliphatic rings. The topological polar surface area (TPSA) is 49.3 Å². The van der Waals surface area contributed by atoms with Crippen LogP contribution in [0.5, 0.6) is 0 Å². The molecule has 1 fully saturated rings. The van der Waals surface area contributed by atoms with Crippen LogP contribution in [0.15, 0.2) is 30.3 Å². The quantitative estimate of drug-likeness (QED) is 0.765. The van der Waals surface area contributed by atoms with Gasteiger partial charge in [0.05, 0.1) is 0 Å². The molecule has 1 aromatic carbocycles. The summed E-state index contributed by atoms with van der Waals surface area (Å²) in [5.41, 5.74) is -0.742. The SMILES string of the molecule is Cc1nc(N2CCN(C(=O)c3cccc(F)c3)CC2)cc(C(F)(F)F)n1. The molecule has 1 amide bonds. The van der Waals surface area contributed by atoms with E-state index in [0.29, 0.717) is 26.2 Å². The van der Waals surface area contributed by atoms with Crippen molar-refractivity contribution in [2.75, 3.05) is 31.1 Å². The first-order chi connectivity index (χ1) is 12.2. The van der Waals surface area contributed by atoms with Crippen LogP contribution >= 0.6 is 0 Å². The monoisotopic (exact) mass is 368 g/mol. The molecule has 2 heterocycles. The number of alkyl halides is 3. The van der Waals surface area contributed by atoms with Gasteiger partial charge in [-0.05, 0) is 25.1 Å². The lowest BCUT2D eigenvalue weighted by Gasteiger charge is -2.35. The number of carbonyl (C=O) groups is 1. The fourth-order valence-corrected chi connectivity index (χ4v) is 2.80. The zero-order valence-corrected chi connectivity index (χ0v) is 13.9. The van der Waals surface area contributed by atoms with Crippen LogP contribution in [0, 0.1) is 12.7 Å². The number of benzene rings is 1. The maximum absolute atomic E-state index is 13.3. The van der Waals surface area contributed by atoms with E-state index in [1.54, 1.807) is 9.80 Å². The van der Waals surface area contributed by atoms with Gasteiger partial charge in [-0.3, -0.25) is 4.79 Å². The van der Waals surface area contributed by atoms with Gasteiger partial charge < -0.3 is 9.80 Å². The van der Waals surface area contributed by atoms with E-state index in [-0.39, 0.29) is 23.1 Å². The van der Waals surface area contributed by atoms with Gasteiger partial charge >= 0.3 is 6.18 Å². The van der Waals surface area contributed by atoms with E-state index >= 15 is 0 Å². The lowest BCUT2D eigenvalue weighted by atomic mass is 10.1. The Morgan fingerprint density at radius 3 is 2.38 bits per heavy atom. The van der Waals surface area contributed by atoms with Gasteiger partial charge in [0.25, 0.3) is 5.91 Å². The normalized spacial score (nSPS) is 15.3. The summed E-state index contributed by atoms with van der Waals surface area (Å²) < 4.78 is 52.0. The van der Waals surface area contributed by atoms with Gasteiger partial charge in [0.1, 0.15) is 23.2 Å². The number of rotatable bonds is 2. The molecule has 1 aromatic heterocycles. The van der Waals surface area contributed by atoms with Gasteiger partial charge in [0.2, 0.25) is 0 Å². The molecule has 3 rings (SSSR count). The minimum atomic E-state index is -4.54. The molecule has 2 aromatic rings. The molecule has 0 spiro atoms. The summed E-state index contributed by atoms with van der Waals surface area (Å²) in [5, 5.41) is 0. The summed E-state index contributed by atoms with van der Waals surface area (Å²) in [6, 6.07) is 6.32. The number of anilines is 1. The first-order valence-corrected chi connectivity index (χ1v) is 7.97. The second kappa shape index (κ2) is 6.89. The van der Waals surface area contributed by atoms with Gasteiger partial charge in [-0.25, -0.2) is 14.4 Å². The van der Waals surface area contributed by atoms with Crippen molar-refractivity contribution in [3.8, 4) is 0 Å². The standard InChI is InChI=1S/C17H16F4N4O/c1-11-22-14(17(19,20)21)10-15(23-11)24-5-7-25(8-6-24)16(26)12-3-2-4-13(18)9-12/h2-4,9-10H,5-8H2,1H3. The van der Waals surface area contributed by atoms with Crippen LogP contribution in [0.4, 0.5) is 23.4 Å². The highest BCUT2D eigenvalue weighted by Gasteiger charge is 2.34. The zero-order chi connectivity index (χ0) is 18.9. The van der Waals surface area contributed by atoms with E-state index in [4.69, 9.17) is 0 Å². The average Bonchev–Trinajstić information content (AvgIpc) is 2.60. The number of nitrogens with zero attached hydrogens (tertiary/aromatic N) is 4. The third-order valence-corrected chi connectivity index (χ3v) is 4.08. The summed E-state index contributed by atoms with van der Waals surface area (Å²) in [7, 11) is 0. The minimum Gasteiger partial charge on any atom is -0.353 e. The van der Waals surface area contributed by atoms with E-state index in [1.807, 2.05) is 0 Å². The molecule has 0 bridgehead atoms. The maximum Gasteiger partial charge on any atom is 0.433 e. The molecule has 1 saturated heterocycles. The number of hydrogen-bond acceptors (Lipinski definition) is 4. The Labute approximate surface area is 147 Å². The highest BCUT2D eigenvalue weighted by molar-refractivity contribution is 5.94. The first kappa shape index (κ1) is 18.1. The third kappa shape index (κ3) is 3.92. The molecular formula is C17H16F4N4O. The van der Waals surface area contributed by atoms with Crippen molar-refractivity contribution in [2.24, 2.45) is 0 Å². The molecule has 5 nitrogen and oxygen atoms in total. The van der Waals surface area contributed by atoms with Crippen LogP contribution in [-0.4, -0.2) is 47.0 Å². The molecule has 0 unspecified atom stereocenters. The number of aromatic nitrogens is 2. The Hall–Kier alpha value is -2.71. The number of hydrogen-bond donors (Lipinski definition) is 0. The van der Waals surface area contributed by atoms with Crippen molar-refractivity contribution in [3.05, 3.63) is 53.2 Å². The summed E-state index contributed by atoms with van der Waals surface area (Å²) in [6.07, 6.45) is -4.54. The summed E-state index contributed by atoms with van der Waals surface area (Å²) >= 11 is 0. The van der Waals surface area contributed by atoms with Gasteiger partial charge in [-0.1, -0.05) is 6.07 Å².